The van der Waals surface area contributed by atoms with Crippen LogP contribution in [-0.2, 0) is 5.60 Å². The Kier molecular flexibility index (Phi) is 2.83. The minimum absolute atomic E-state index is 0.211. The number of thiol groups is 1. The number of aliphatic hydroxyl groups is 1. The maximum atomic E-state index is 12.4. The van der Waals surface area contributed by atoms with E-state index in [2.05, 4.69) is 12.6 Å². The fourth-order valence-electron chi connectivity index (χ4n) is 0.972. The molecule has 0 aliphatic rings. The highest BCUT2D eigenvalue weighted by Crippen LogP contribution is 2.38. The van der Waals surface area contributed by atoms with E-state index in [1.807, 2.05) is 0 Å². The molecule has 0 spiro atoms. The Morgan fingerprint density at radius 2 is 1.86 bits per heavy atom. The minimum Gasteiger partial charge on any atom is -0.376 e. The third kappa shape index (κ3) is 2.04. The van der Waals surface area contributed by atoms with Gasteiger partial charge < -0.3 is 5.11 Å². The van der Waals surface area contributed by atoms with Gasteiger partial charge in [-0.05, 0) is 24.6 Å². The predicted octanol–water partition coefficient (Wildman–Crippen LogP) is 2.75. The van der Waals surface area contributed by atoms with Gasteiger partial charge in [0, 0.05) is 4.90 Å². The lowest BCUT2D eigenvalue weighted by Gasteiger charge is -2.26. The van der Waals surface area contributed by atoms with Crippen molar-refractivity contribution >= 4 is 12.6 Å². The molecule has 1 rings (SSSR count). The second kappa shape index (κ2) is 3.47. The number of hydrogen-bond donors (Lipinski definition) is 2. The van der Waals surface area contributed by atoms with Crippen LogP contribution in [0.1, 0.15) is 12.5 Å². The fraction of sp³-hybridized carbons (Fsp3) is 0.333. The predicted molar refractivity (Wildman–Crippen MR) is 49.3 cm³/mol. The zero-order chi connectivity index (χ0) is 11.0. The fourth-order valence-corrected chi connectivity index (χ4v) is 1.20. The molecular weight excluding hydrogens is 213 g/mol. The summed E-state index contributed by atoms with van der Waals surface area (Å²) in [5.74, 6) is 0. The molecule has 1 aromatic rings. The van der Waals surface area contributed by atoms with Crippen LogP contribution in [-0.4, -0.2) is 11.3 Å². The van der Waals surface area contributed by atoms with Crippen LogP contribution in [0.2, 0.25) is 0 Å². The van der Waals surface area contributed by atoms with Crippen molar-refractivity contribution in [3.63, 3.8) is 0 Å². The standard InChI is InChI=1S/C9H9F3OS/c1-8(13,9(10,11)12)6-3-2-4-7(14)5-6/h2-5,13-14H,1H3/t8-/m1/s1. The first-order chi connectivity index (χ1) is 6.25. The van der Waals surface area contributed by atoms with Gasteiger partial charge in [-0.2, -0.15) is 13.2 Å². The third-order valence-electron chi connectivity index (χ3n) is 1.96. The smallest absolute Gasteiger partial charge is 0.376 e. The van der Waals surface area contributed by atoms with Crippen LogP contribution < -0.4 is 0 Å². The molecule has 0 unspecified atom stereocenters. The SMILES string of the molecule is C[C@@](O)(c1cccc(S)c1)C(F)(F)F. The Hall–Kier alpha value is -0.680. The molecule has 5 heteroatoms. The average Bonchev–Trinajstić information content (AvgIpc) is 2.02. The van der Waals surface area contributed by atoms with E-state index >= 15 is 0 Å². The summed E-state index contributed by atoms with van der Waals surface area (Å²) in [6.07, 6.45) is -4.69. The zero-order valence-corrected chi connectivity index (χ0v) is 8.23. The Labute approximate surface area is 85.0 Å². The van der Waals surface area contributed by atoms with Gasteiger partial charge in [-0.25, -0.2) is 0 Å². The average molecular weight is 222 g/mol. The van der Waals surface area contributed by atoms with E-state index in [4.69, 9.17) is 0 Å². The number of benzene rings is 1. The lowest BCUT2D eigenvalue weighted by molar-refractivity contribution is -0.258. The Bertz CT molecular complexity index is 333. The first-order valence-electron chi connectivity index (χ1n) is 3.84. The second-order valence-corrected chi connectivity index (χ2v) is 3.64. The van der Waals surface area contributed by atoms with Crippen molar-refractivity contribution in [2.75, 3.05) is 0 Å². The van der Waals surface area contributed by atoms with Crippen LogP contribution in [0.4, 0.5) is 13.2 Å². The molecule has 0 saturated carbocycles. The number of rotatable bonds is 1. The van der Waals surface area contributed by atoms with Crippen LogP contribution in [0, 0.1) is 0 Å². The Morgan fingerprint density at radius 1 is 1.29 bits per heavy atom. The molecule has 1 atom stereocenters. The van der Waals surface area contributed by atoms with Gasteiger partial charge in [-0.1, -0.05) is 12.1 Å². The molecule has 14 heavy (non-hydrogen) atoms. The van der Waals surface area contributed by atoms with Gasteiger partial charge in [0.2, 0.25) is 0 Å². The van der Waals surface area contributed by atoms with E-state index in [0.29, 0.717) is 4.90 Å². The van der Waals surface area contributed by atoms with Crippen molar-refractivity contribution in [1.29, 1.82) is 0 Å². The summed E-state index contributed by atoms with van der Waals surface area (Å²) in [4.78, 5) is 0.382. The Balaban J connectivity index is 3.16. The molecule has 0 heterocycles. The van der Waals surface area contributed by atoms with Gasteiger partial charge in [-0.3, -0.25) is 0 Å². The van der Waals surface area contributed by atoms with Gasteiger partial charge in [-0.15, -0.1) is 12.6 Å². The monoisotopic (exact) mass is 222 g/mol. The van der Waals surface area contributed by atoms with Gasteiger partial charge in [0.15, 0.2) is 5.60 Å². The lowest BCUT2D eigenvalue weighted by Crippen LogP contribution is -2.39. The third-order valence-corrected chi connectivity index (χ3v) is 2.24. The topological polar surface area (TPSA) is 20.2 Å². The Morgan fingerprint density at radius 3 is 2.29 bits per heavy atom. The summed E-state index contributed by atoms with van der Waals surface area (Å²) >= 11 is 3.90. The normalized spacial score (nSPS) is 16.4. The summed E-state index contributed by atoms with van der Waals surface area (Å²) in [5, 5.41) is 9.29. The van der Waals surface area contributed by atoms with Crippen LogP contribution in [0.25, 0.3) is 0 Å². The van der Waals surface area contributed by atoms with Crippen molar-refractivity contribution in [3.05, 3.63) is 29.8 Å². The van der Waals surface area contributed by atoms with Crippen molar-refractivity contribution < 1.29 is 18.3 Å². The van der Waals surface area contributed by atoms with E-state index in [1.165, 1.54) is 18.2 Å². The molecule has 78 valence electrons. The number of halogens is 3. The zero-order valence-electron chi connectivity index (χ0n) is 7.34. The molecule has 0 aliphatic carbocycles. The summed E-state index contributed by atoms with van der Waals surface area (Å²) in [7, 11) is 0. The summed E-state index contributed by atoms with van der Waals surface area (Å²) < 4.78 is 37.1. The highest BCUT2D eigenvalue weighted by molar-refractivity contribution is 7.80. The largest absolute Gasteiger partial charge is 0.421 e. The van der Waals surface area contributed by atoms with E-state index in [1.54, 1.807) is 6.07 Å². The van der Waals surface area contributed by atoms with Crippen LogP contribution in [0.3, 0.4) is 0 Å². The minimum atomic E-state index is -4.69. The van der Waals surface area contributed by atoms with Gasteiger partial charge >= 0.3 is 6.18 Å². The molecule has 0 bridgehead atoms. The molecule has 1 N–H and O–H groups in total. The quantitative estimate of drug-likeness (QED) is 0.700. The molecule has 0 saturated heterocycles. The first-order valence-corrected chi connectivity index (χ1v) is 4.28. The highest BCUT2D eigenvalue weighted by atomic mass is 32.1. The van der Waals surface area contributed by atoms with Gasteiger partial charge in [0.05, 0.1) is 0 Å². The maximum Gasteiger partial charge on any atom is 0.421 e. The molecule has 0 amide bonds. The summed E-state index contributed by atoms with van der Waals surface area (Å²) in [5.41, 5.74) is -3.04. The molecule has 0 aromatic heterocycles. The first kappa shape index (κ1) is 11.4. The van der Waals surface area contributed by atoms with Crippen LogP contribution >= 0.6 is 12.6 Å². The van der Waals surface area contributed by atoms with E-state index in [0.717, 1.165) is 6.92 Å². The van der Waals surface area contributed by atoms with Crippen molar-refractivity contribution in [2.24, 2.45) is 0 Å². The molecule has 0 fully saturated rings. The van der Waals surface area contributed by atoms with E-state index in [-0.39, 0.29) is 5.56 Å². The summed E-state index contributed by atoms with van der Waals surface area (Å²) in [6, 6.07) is 5.36. The number of alkyl halides is 3. The van der Waals surface area contributed by atoms with Crippen LogP contribution in [0.15, 0.2) is 29.2 Å². The van der Waals surface area contributed by atoms with Crippen molar-refractivity contribution in [1.82, 2.24) is 0 Å². The van der Waals surface area contributed by atoms with E-state index < -0.39 is 11.8 Å². The van der Waals surface area contributed by atoms with Gasteiger partial charge in [0.1, 0.15) is 0 Å². The molecular formula is C9H9F3OS. The highest BCUT2D eigenvalue weighted by Gasteiger charge is 2.51. The molecule has 0 radical (unpaired) electrons. The van der Waals surface area contributed by atoms with Crippen molar-refractivity contribution in [3.8, 4) is 0 Å². The van der Waals surface area contributed by atoms with E-state index in [9.17, 15) is 18.3 Å². The van der Waals surface area contributed by atoms with Crippen LogP contribution in [0.5, 0.6) is 0 Å². The lowest BCUT2D eigenvalue weighted by atomic mass is 9.96. The maximum absolute atomic E-state index is 12.4. The molecule has 1 nitrogen and oxygen atoms in total. The van der Waals surface area contributed by atoms with Gasteiger partial charge in [0.25, 0.3) is 0 Å². The second-order valence-electron chi connectivity index (χ2n) is 3.12. The summed E-state index contributed by atoms with van der Waals surface area (Å²) in [6.45, 7) is 0.718. The molecule has 0 aliphatic heterocycles. The number of hydrogen-bond acceptors (Lipinski definition) is 2. The van der Waals surface area contributed by atoms with Crippen molar-refractivity contribution in [2.45, 2.75) is 23.6 Å². The molecule has 1 aromatic carbocycles.